The second-order valence-electron chi connectivity index (χ2n) is 19.0. The lowest BCUT2D eigenvalue weighted by Crippen LogP contribution is -2.42. The molecule has 2 atom stereocenters. The Morgan fingerprint density at radius 2 is 0.917 bits per heavy atom. The summed E-state index contributed by atoms with van der Waals surface area (Å²) < 4.78 is 226. The molecule has 18 nitrogen and oxygen atoms in total. The number of ether oxygens (including phenoxy) is 3. The molecule has 0 saturated carbocycles. The molecule has 6 aromatic rings. The molecule has 0 spiro atoms. The number of aliphatic carboxylic acids is 1. The Morgan fingerprint density at radius 1 is 0.560 bits per heavy atom. The van der Waals surface area contributed by atoms with Crippen LogP contribution in [0.3, 0.4) is 0 Å². The summed E-state index contributed by atoms with van der Waals surface area (Å²) in [6.07, 6.45) is -19.7. The fourth-order valence-corrected chi connectivity index (χ4v) is 11.5. The number of benzene rings is 4. The van der Waals surface area contributed by atoms with E-state index in [2.05, 4.69) is 30.1 Å². The number of hydrogen-bond acceptors (Lipinski definition) is 15. The molecule has 5 N–H and O–H groups in total. The van der Waals surface area contributed by atoms with Crippen LogP contribution < -0.4 is 28.7 Å². The number of rotatable bonds is 13. The number of carbonyl (C=O) groups is 2. The van der Waals surface area contributed by atoms with E-state index in [9.17, 15) is 94.4 Å². The summed E-state index contributed by atoms with van der Waals surface area (Å²) in [5, 5.41) is 37.6. The van der Waals surface area contributed by atoms with E-state index in [4.69, 9.17) is 4.74 Å². The van der Waals surface area contributed by atoms with Gasteiger partial charge in [-0.3, -0.25) is 8.61 Å². The Bertz CT molecular complexity index is 3700. The van der Waals surface area contributed by atoms with Crippen LogP contribution in [-0.2, 0) is 71.0 Å². The van der Waals surface area contributed by atoms with Crippen LogP contribution in [0.15, 0.2) is 119 Å². The first-order valence-electron chi connectivity index (χ1n) is 24.3. The van der Waals surface area contributed by atoms with Gasteiger partial charge in [-0.25, -0.2) is 36.4 Å². The number of carbonyl (C=O) groups excluding carboxylic acids is 1. The lowest BCUT2D eigenvalue weighted by atomic mass is 9.83. The van der Waals surface area contributed by atoms with E-state index in [1.807, 2.05) is 0 Å². The standard InChI is InChI=1S/C27H25F6N3O6S.C25H21F6N3O6S/c1-4-41-24(37)25(38,15(2)3)17-6-11-20-21(13-17)36(14-16-5-12-22(26(28,29)30)35-23(16)34-20)43(39,40)19-9-7-18(8-10-19)42-27(31,32)33;1-13(2)23(37,22(35)36)15-4-9-18-19(11-15)34(12-14-3-10-20(24(26,27)28)33-21(14)32-18)41(38,39)17-7-5-16(6-8-17)40-25(29,30)31/h5-13,15,38H,4,14H2,1-3H3,(H,34,35);3-11,13,37H,12H2,1-2H3,(H,32,33)(H,35,36). The highest BCUT2D eigenvalue weighted by atomic mass is 32.2. The number of aromatic nitrogens is 2. The van der Waals surface area contributed by atoms with Crippen molar-refractivity contribution in [1.29, 1.82) is 0 Å². The molecule has 0 amide bonds. The van der Waals surface area contributed by atoms with Gasteiger partial charge in [0.2, 0.25) is 0 Å². The minimum atomic E-state index is -5.03. The first-order valence-corrected chi connectivity index (χ1v) is 27.2. The Labute approximate surface area is 469 Å². The number of carboxylic acids is 1. The molecule has 0 bridgehead atoms. The molecule has 0 radical (unpaired) electrons. The third-order valence-corrected chi connectivity index (χ3v) is 16.5. The van der Waals surface area contributed by atoms with E-state index in [1.165, 1.54) is 65.0 Å². The average Bonchev–Trinajstić information content (AvgIpc) is 1.64. The molecule has 84 heavy (non-hydrogen) atoms. The number of nitrogens with one attached hydrogen (secondary N) is 2. The van der Waals surface area contributed by atoms with Crippen LogP contribution >= 0.6 is 0 Å². The van der Waals surface area contributed by atoms with E-state index in [0.29, 0.717) is 12.1 Å². The van der Waals surface area contributed by atoms with Gasteiger partial charge in [-0.15, -0.1) is 26.3 Å². The largest absolute Gasteiger partial charge is 0.573 e. The Balaban J connectivity index is 0.000000241. The van der Waals surface area contributed by atoms with Crippen molar-refractivity contribution in [3.8, 4) is 11.5 Å². The van der Waals surface area contributed by atoms with Crippen molar-refractivity contribution in [2.24, 2.45) is 11.8 Å². The number of halogens is 12. The zero-order chi connectivity index (χ0) is 62.5. The van der Waals surface area contributed by atoms with Crippen molar-refractivity contribution in [3.05, 3.63) is 143 Å². The molecule has 4 heterocycles. The van der Waals surface area contributed by atoms with Gasteiger partial charge in [0, 0.05) is 11.1 Å². The maximum absolute atomic E-state index is 13.9. The second kappa shape index (κ2) is 22.8. The highest BCUT2D eigenvalue weighted by molar-refractivity contribution is 7.93. The van der Waals surface area contributed by atoms with Crippen LogP contribution in [0, 0.1) is 11.8 Å². The van der Waals surface area contributed by atoms with Gasteiger partial charge in [-0.2, -0.15) is 26.3 Å². The number of fused-ring (bicyclic) bond motifs is 4. The lowest BCUT2D eigenvalue weighted by molar-refractivity contribution is -0.275. The highest BCUT2D eigenvalue weighted by Gasteiger charge is 2.46. The molecule has 4 aromatic carbocycles. The molecule has 32 heteroatoms. The summed E-state index contributed by atoms with van der Waals surface area (Å²) in [5.41, 5.74) is -8.14. The Kier molecular flexibility index (Phi) is 17.2. The summed E-state index contributed by atoms with van der Waals surface area (Å²) in [7, 11) is -9.31. The quantitative estimate of drug-likeness (QED) is 0.0533. The van der Waals surface area contributed by atoms with Gasteiger partial charge in [0.15, 0.2) is 11.2 Å². The maximum Gasteiger partial charge on any atom is 0.573 e. The number of sulfonamides is 2. The van der Waals surface area contributed by atoms with E-state index < -0.39 is 126 Å². The van der Waals surface area contributed by atoms with E-state index in [1.54, 1.807) is 0 Å². The molecule has 0 saturated heterocycles. The van der Waals surface area contributed by atoms with Gasteiger partial charge >= 0.3 is 37.0 Å². The maximum atomic E-state index is 13.9. The van der Waals surface area contributed by atoms with Crippen molar-refractivity contribution in [3.63, 3.8) is 0 Å². The first kappa shape index (κ1) is 63.5. The van der Waals surface area contributed by atoms with E-state index in [-0.39, 0.29) is 63.2 Å². The normalized spacial score (nSPS) is 15.2. The van der Waals surface area contributed by atoms with Gasteiger partial charge in [0.05, 0.1) is 52.2 Å². The Morgan fingerprint density at radius 3 is 1.23 bits per heavy atom. The van der Waals surface area contributed by atoms with Crippen LogP contribution in [0.2, 0.25) is 0 Å². The summed E-state index contributed by atoms with van der Waals surface area (Å²) in [6, 6.07) is 17.0. The van der Waals surface area contributed by atoms with Crippen LogP contribution in [0.25, 0.3) is 0 Å². The predicted octanol–water partition coefficient (Wildman–Crippen LogP) is 11.2. The Hall–Kier alpha value is -8.10. The molecule has 2 aliphatic rings. The van der Waals surface area contributed by atoms with E-state index in [0.717, 1.165) is 75.3 Å². The zero-order valence-electron chi connectivity index (χ0n) is 43.8. The fourth-order valence-electron chi connectivity index (χ4n) is 8.60. The predicted molar refractivity (Wildman–Crippen MR) is 273 cm³/mol. The number of aliphatic hydroxyl groups is 2. The molecule has 452 valence electrons. The van der Waals surface area contributed by atoms with Gasteiger partial charge in [-0.05, 0) is 115 Å². The topological polar surface area (TPSA) is 247 Å². The lowest BCUT2D eigenvalue weighted by Gasteiger charge is -2.32. The van der Waals surface area contributed by atoms with Gasteiger partial charge in [-0.1, -0.05) is 52.0 Å². The molecule has 0 fully saturated rings. The molecule has 2 aromatic heterocycles. The fraction of sp³-hybridized carbons (Fsp3) is 0.308. The van der Waals surface area contributed by atoms with E-state index >= 15 is 0 Å². The first-order chi connectivity index (χ1) is 38.7. The number of anilines is 6. The number of nitrogens with zero attached hydrogens (tertiary/aromatic N) is 4. The number of pyridine rings is 2. The zero-order valence-corrected chi connectivity index (χ0v) is 45.5. The highest BCUT2D eigenvalue weighted by Crippen LogP contribution is 2.46. The second-order valence-corrected chi connectivity index (χ2v) is 22.8. The van der Waals surface area contributed by atoms with Crippen LogP contribution in [-0.4, -0.2) is 73.4 Å². The monoisotopic (exact) mass is 1240 g/mol. The molecule has 2 aliphatic heterocycles. The van der Waals surface area contributed by atoms with Crippen LogP contribution in [0.5, 0.6) is 11.5 Å². The summed E-state index contributed by atoms with van der Waals surface area (Å²) in [6.45, 7) is 6.14. The average molecular weight is 1240 g/mol. The van der Waals surface area contributed by atoms with Gasteiger partial charge in [0.25, 0.3) is 20.0 Å². The number of esters is 1. The van der Waals surface area contributed by atoms with Crippen molar-refractivity contribution in [2.75, 3.05) is 25.9 Å². The summed E-state index contributed by atoms with van der Waals surface area (Å²) in [4.78, 5) is 31.1. The van der Waals surface area contributed by atoms with Crippen LogP contribution in [0.1, 0.15) is 68.3 Å². The van der Waals surface area contributed by atoms with Crippen molar-refractivity contribution >= 4 is 66.4 Å². The minimum absolute atomic E-state index is 0.00583. The molecule has 8 rings (SSSR count). The smallest absolute Gasteiger partial charge is 0.479 e. The van der Waals surface area contributed by atoms with Gasteiger partial charge in [0.1, 0.15) is 34.5 Å². The van der Waals surface area contributed by atoms with Gasteiger partial charge < -0.3 is 40.2 Å². The minimum Gasteiger partial charge on any atom is -0.479 e. The van der Waals surface area contributed by atoms with Crippen LogP contribution in [0.4, 0.5) is 87.1 Å². The van der Waals surface area contributed by atoms with Crippen molar-refractivity contribution in [1.82, 2.24) is 9.97 Å². The molecular weight excluding hydrogens is 1190 g/mol. The molecule has 2 unspecified atom stereocenters. The molecule has 0 aliphatic carbocycles. The third kappa shape index (κ3) is 13.1. The number of hydrogen-bond donors (Lipinski definition) is 5. The SMILES string of the molecule is CC(C)C(O)(C(=O)O)c1ccc2c(c1)N(S(=O)(=O)c1ccc(OC(F)(F)F)cc1)Cc1ccc(C(F)(F)F)nc1N2.CCOC(=O)C(O)(c1ccc2c(c1)N(S(=O)(=O)c1ccc(OC(F)(F)F)cc1)Cc1ccc(C(F)(F)F)nc1N2)C(C)C. The molecular formula is C52H46F12N6O12S2. The number of carboxylic acid groups (broad SMARTS) is 1. The number of alkyl halides is 12. The third-order valence-electron chi connectivity index (χ3n) is 13.0. The van der Waals surface area contributed by atoms with Crippen molar-refractivity contribution < 1.29 is 109 Å². The summed E-state index contributed by atoms with van der Waals surface area (Å²) >= 11 is 0. The summed E-state index contributed by atoms with van der Waals surface area (Å²) in [5.74, 6) is -6.35. The van der Waals surface area contributed by atoms with Crippen molar-refractivity contribution in [2.45, 2.75) is 93.8 Å².